The van der Waals surface area contributed by atoms with E-state index in [-0.39, 0.29) is 29.8 Å². The van der Waals surface area contributed by atoms with E-state index >= 15 is 0 Å². The molecule has 0 saturated heterocycles. The number of carbonyl (C=O) groups excluding carboxylic acids is 2. The van der Waals surface area contributed by atoms with Gasteiger partial charge in [0.25, 0.3) is 10.0 Å². The van der Waals surface area contributed by atoms with Gasteiger partial charge in [0.2, 0.25) is 11.8 Å². The van der Waals surface area contributed by atoms with Crippen LogP contribution in [-0.2, 0) is 32.6 Å². The van der Waals surface area contributed by atoms with Crippen LogP contribution in [-0.4, -0.2) is 50.9 Å². The van der Waals surface area contributed by atoms with Gasteiger partial charge in [0.05, 0.1) is 17.7 Å². The second-order valence-corrected chi connectivity index (χ2v) is 13.9. The molecule has 248 valence electrons. The molecule has 1 N–H and O–H groups in total. The van der Waals surface area contributed by atoms with Crippen molar-refractivity contribution in [3.8, 4) is 5.75 Å². The SMILES string of the molecule is CC[C@@H](C)NC(=O)[C@@H](Cc1ccccc1)N(Cc1cccc(OC)c1)C(=O)CN(c1ccc(C)c(C)c1)S(=O)(=O)c1ccc(C)cc1. The molecular weight excluding hydrogens is 611 g/mol. The number of hydrogen-bond acceptors (Lipinski definition) is 5. The molecule has 0 fully saturated rings. The van der Waals surface area contributed by atoms with Crippen LogP contribution in [0.1, 0.15) is 48.1 Å². The van der Waals surface area contributed by atoms with E-state index in [2.05, 4.69) is 5.32 Å². The van der Waals surface area contributed by atoms with Gasteiger partial charge in [-0.2, -0.15) is 0 Å². The summed E-state index contributed by atoms with van der Waals surface area (Å²) in [4.78, 5) is 30.2. The van der Waals surface area contributed by atoms with Gasteiger partial charge in [0.15, 0.2) is 0 Å². The Morgan fingerprint density at radius 3 is 2.15 bits per heavy atom. The fraction of sp³-hybridized carbons (Fsp3) is 0.316. The second kappa shape index (κ2) is 15.8. The van der Waals surface area contributed by atoms with Crippen molar-refractivity contribution < 1.29 is 22.7 Å². The molecule has 8 nitrogen and oxygen atoms in total. The number of nitrogens with one attached hydrogen (secondary N) is 1. The predicted octanol–water partition coefficient (Wildman–Crippen LogP) is 6.37. The molecule has 0 unspecified atom stereocenters. The maximum absolute atomic E-state index is 14.7. The van der Waals surface area contributed by atoms with Gasteiger partial charge >= 0.3 is 0 Å². The molecule has 4 rings (SSSR count). The second-order valence-electron chi connectivity index (χ2n) is 12.0. The summed E-state index contributed by atoms with van der Waals surface area (Å²) >= 11 is 0. The number of methoxy groups -OCH3 is 1. The molecule has 47 heavy (non-hydrogen) atoms. The minimum atomic E-state index is -4.18. The molecule has 4 aromatic carbocycles. The molecule has 0 aromatic heterocycles. The maximum Gasteiger partial charge on any atom is 0.264 e. The molecule has 0 aliphatic carbocycles. The lowest BCUT2D eigenvalue weighted by Gasteiger charge is -2.34. The summed E-state index contributed by atoms with van der Waals surface area (Å²) in [5.74, 6) is -0.210. The van der Waals surface area contributed by atoms with Gasteiger partial charge in [-0.05, 0) is 92.8 Å². The van der Waals surface area contributed by atoms with Crippen molar-refractivity contribution in [3.63, 3.8) is 0 Å². The van der Waals surface area contributed by atoms with Crippen LogP contribution in [0.4, 0.5) is 5.69 Å². The predicted molar refractivity (Wildman–Crippen MR) is 187 cm³/mol. The fourth-order valence-electron chi connectivity index (χ4n) is 5.21. The molecule has 9 heteroatoms. The Labute approximate surface area is 279 Å². The van der Waals surface area contributed by atoms with Crippen molar-refractivity contribution in [2.24, 2.45) is 0 Å². The van der Waals surface area contributed by atoms with E-state index in [1.54, 1.807) is 43.5 Å². The minimum Gasteiger partial charge on any atom is -0.497 e. The van der Waals surface area contributed by atoms with Crippen LogP contribution >= 0.6 is 0 Å². The fourth-order valence-corrected chi connectivity index (χ4v) is 6.62. The topological polar surface area (TPSA) is 96.0 Å². The highest BCUT2D eigenvalue weighted by Gasteiger charge is 2.35. The standard InChI is InChI=1S/C38H45N3O5S/c1-7-30(5)39-38(43)36(24-31-12-9-8-10-13-31)40(25-32-14-11-15-34(23-32)46-6)37(42)26-41(33-19-18-28(3)29(4)22-33)47(44,45)35-20-16-27(2)17-21-35/h8-23,30,36H,7,24-26H2,1-6H3,(H,39,43)/t30-,36-/m1/s1. The minimum absolute atomic E-state index is 0.0623. The molecule has 2 atom stereocenters. The molecule has 0 radical (unpaired) electrons. The van der Waals surface area contributed by atoms with Crippen molar-refractivity contribution in [3.05, 3.63) is 125 Å². The van der Waals surface area contributed by atoms with Gasteiger partial charge < -0.3 is 15.0 Å². The van der Waals surface area contributed by atoms with Crippen LogP contribution in [0, 0.1) is 20.8 Å². The lowest BCUT2D eigenvalue weighted by molar-refractivity contribution is -0.140. The molecule has 0 bridgehead atoms. The average molecular weight is 656 g/mol. The number of amides is 2. The number of sulfonamides is 1. The van der Waals surface area contributed by atoms with Gasteiger partial charge in [-0.25, -0.2) is 8.42 Å². The number of nitrogens with zero attached hydrogens (tertiary/aromatic N) is 2. The van der Waals surface area contributed by atoms with Crippen LogP contribution < -0.4 is 14.4 Å². The zero-order valence-electron chi connectivity index (χ0n) is 28.1. The number of hydrogen-bond donors (Lipinski definition) is 1. The number of carbonyl (C=O) groups is 2. The molecule has 4 aromatic rings. The van der Waals surface area contributed by atoms with Crippen LogP contribution in [0.2, 0.25) is 0 Å². The summed E-state index contributed by atoms with van der Waals surface area (Å²) in [6, 6.07) is 27.7. The summed E-state index contributed by atoms with van der Waals surface area (Å²) in [6.45, 7) is 9.19. The third kappa shape index (κ3) is 9.01. The van der Waals surface area contributed by atoms with Crippen molar-refractivity contribution >= 4 is 27.5 Å². The van der Waals surface area contributed by atoms with E-state index in [0.29, 0.717) is 17.9 Å². The zero-order chi connectivity index (χ0) is 34.1. The van der Waals surface area contributed by atoms with Crippen LogP contribution in [0.15, 0.2) is 102 Å². The average Bonchev–Trinajstić information content (AvgIpc) is 3.07. The summed E-state index contributed by atoms with van der Waals surface area (Å²) in [7, 11) is -2.61. The highest BCUT2D eigenvalue weighted by molar-refractivity contribution is 7.92. The van der Waals surface area contributed by atoms with Crippen LogP contribution in [0.3, 0.4) is 0 Å². The lowest BCUT2D eigenvalue weighted by atomic mass is 10.0. The first-order chi connectivity index (χ1) is 22.4. The molecule has 0 aliphatic heterocycles. The number of aryl methyl sites for hydroxylation is 3. The van der Waals surface area contributed by atoms with Crippen LogP contribution in [0.5, 0.6) is 5.75 Å². The van der Waals surface area contributed by atoms with Crippen molar-refractivity contribution in [2.75, 3.05) is 18.0 Å². The van der Waals surface area contributed by atoms with E-state index in [0.717, 1.165) is 32.1 Å². The highest BCUT2D eigenvalue weighted by atomic mass is 32.2. The normalized spacial score (nSPS) is 12.6. The van der Waals surface area contributed by atoms with E-state index in [9.17, 15) is 18.0 Å². The van der Waals surface area contributed by atoms with Crippen LogP contribution in [0.25, 0.3) is 0 Å². The molecule has 0 saturated carbocycles. The molecule has 0 heterocycles. The van der Waals surface area contributed by atoms with Crippen molar-refractivity contribution in [2.45, 2.75) is 71.0 Å². The van der Waals surface area contributed by atoms with Crippen molar-refractivity contribution in [1.29, 1.82) is 0 Å². The number of anilines is 1. The molecule has 0 spiro atoms. The first-order valence-corrected chi connectivity index (χ1v) is 17.3. The van der Waals surface area contributed by atoms with Gasteiger partial charge in [0.1, 0.15) is 18.3 Å². The lowest BCUT2D eigenvalue weighted by Crippen LogP contribution is -2.54. The number of ether oxygens (including phenoxy) is 1. The van der Waals surface area contributed by atoms with E-state index in [1.807, 2.05) is 95.3 Å². The summed E-state index contributed by atoms with van der Waals surface area (Å²) < 4.78 is 35.2. The largest absolute Gasteiger partial charge is 0.497 e. The number of benzene rings is 4. The van der Waals surface area contributed by atoms with Gasteiger partial charge in [-0.15, -0.1) is 0 Å². The first-order valence-electron chi connectivity index (χ1n) is 15.9. The highest BCUT2D eigenvalue weighted by Crippen LogP contribution is 2.27. The van der Waals surface area contributed by atoms with Gasteiger partial charge in [0, 0.05) is 19.0 Å². The van der Waals surface area contributed by atoms with E-state index in [1.165, 1.54) is 4.90 Å². The molecular formula is C38H45N3O5S. The number of rotatable bonds is 14. The summed E-state index contributed by atoms with van der Waals surface area (Å²) in [5, 5.41) is 3.06. The Hall–Kier alpha value is -4.63. The Balaban J connectivity index is 1.83. The Morgan fingerprint density at radius 1 is 0.830 bits per heavy atom. The zero-order valence-corrected chi connectivity index (χ0v) is 28.9. The molecule has 0 aliphatic rings. The van der Waals surface area contributed by atoms with E-state index in [4.69, 9.17) is 4.74 Å². The summed E-state index contributed by atoms with van der Waals surface area (Å²) in [5.41, 5.74) is 4.79. The Kier molecular flexibility index (Phi) is 11.8. The Bertz CT molecular complexity index is 1780. The summed E-state index contributed by atoms with van der Waals surface area (Å²) in [6.07, 6.45) is 0.955. The third-order valence-electron chi connectivity index (χ3n) is 8.43. The smallest absolute Gasteiger partial charge is 0.264 e. The van der Waals surface area contributed by atoms with Crippen molar-refractivity contribution in [1.82, 2.24) is 10.2 Å². The Morgan fingerprint density at radius 2 is 1.51 bits per heavy atom. The molecule has 2 amide bonds. The van der Waals surface area contributed by atoms with E-state index < -0.39 is 28.5 Å². The quantitative estimate of drug-likeness (QED) is 0.170. The third-order valence-corrected chi connectivity index (χ3v) is 10.2. The maximum atomic E-state index is 14.7. The van der Waals surface area contributed by atoms with Gasteiger partial charge in [-0.3, -0.25) is 13.9 Å². The van der Waals surface area contributed by atoms with Gasteiger partial charge in [-0.1, -0.05) is 73.2 Å². The first kappa shape index (κ1) is 35.2. The monoisotopic (exact) mass is 655 g/mol.